The Morgan fingerprint density at radius 1 is 1.22 bits per heavy atom. The Labute approximate surface area is 108 Å². The van der Waals surface area contributed by atoms with E-state index in [0.29, 0.717) is 6.42 Å². The minimum atomic E-state index is 0.143. The Bertz CT molecular complexity index is 570. The number of rotatable bonds is 3. The van der Waals surface area contributed by atoms with Crippen LogP contribution in [0.1, 0.15) is 22.5 Å². The monoisotopic (exact) mass is 244 g/mol. The van der Waals surface area contributed by atoms with Gasteiger partial charge in [0.05, 0.1) is 5.69 Å². The molecule has 0 radical (unpaired) electrons. The van der Waals surface area contributed by atoms with E-state index < -0.39 is 0 Å². The maximum absolute atomic E-state index is 9.06. The molecule has 0 saturated heterocycles. The number of aliphatic hydroxyl groups is 1. The van der Waals surface area contributed by atoms with Crippen molar-refractivity contribution in [1.29, 1.82) is 0 Å². The van der Waals surface area contributed by atoms with Gasteiger partial charge in [0.25, 0.3) is 0 Å². The topological polar surface area (TPSA) is 38.1 Å². The molecule has 0 atom stereocenters. The van der Waals surface area contributed by atoms with Gasteiger partial charge in [-0.1, -0.05) is 17.7 Å². The smallest absolute Gasteiger partial charge is 0.140 e. The van der Waals surface area contributed by atoms with Crippen LogP contribution >= 0.6 is 0 Å². The largest absolute Gasteiger partial charge is 0.396 e. The standard InChI is InChI=1S/C15H20N2O/c1-10-5-6-11(2)13(9-10)15-16-14(7-8-18)12(3)17(15)4/h5-6,9,18H,7-8H2,1-4H3. The second-order valence-corrected chi connectivity index (χ2v) is 4.82. The van der Waals surface area contributed by atoms with E-state index in [1.807, 2.05) is 14.0 Å². The van der Waals surface area contributed by atoms with Crippen LogP contribution in [0.5, 0.6) is 0 Å². The number of aliphatic hydroxyl groups excluding tert-OH is 1. The van der Waals surface area contributed by atoms with Crippen molar-refractivity contribution in [2.45, 2.75) is 27.2 Å². The van der Waals surface area contributed by atoms with Crippen molar-refractivity contribution in [3.05, 3.63) is 40.7 Å². The fourth-order valence-corrected chi connectivity index (χ4v) is 2.20. The molecule has 0 amide bonds. The van der Waals surface area contributed by atoms with Crippen LogP contribution in [-0.2, 0) is 13.5 Å². The summed E-state index contributed by atoms with van der Waals surface area (Å²) in [6, 6.07) is 6.41. The molecule has 0 aliphatic heterocycles. The number of hydrogen-bond acceptors (Lipinski definition) is 2. The second kappa shape index (κ2) is 4.94. The minimum absolute atomic E-state index is 0.143. The van der Waals surface area contributed by atoms with Crippen molar-refractivity contribution >= 4 is 0 Å². The van der Waals surface area contributed by atoms with Gasteiger partial charge in [0.2, 0.25) is 0 Å². The molecule has 0 bridgehead atoms. The van der Waals surface area contributed by atoms with Gasteiger partial charge in [0, 0.05) is 31.3 Å². The highest BCUT2D eigenvalue weighted by molar-refractivity contribution is 5.62. The summed E-state index contributed by atoms with van der Waals surface area (Å²) >= 11 is 0. The fraction of sp³-hybridized carbons (Fsp3) is 0.400. The average Bonchev–Trinajstić information content (AvgIpc) is 2.61. The molecule has 1 aromatic carbocycles. The fourth-order valence-electron chi connectivity index (χ4n) is 2.20. The van der Waals surface area contributed by atoms with Crippen molar-refractivity contribution in [1.82, 2.24) is 9.55 Å². The summed E-state index contributed by atoms with van der Waals surface area (Å²) in [5.41, 5.74) is 5.74. The van der Waals surface area contributed by atoms with E-state index in [9.17, 15) is 0 Å². The zero-order valence-corrected chi connectivity index (χ0v) is 11.5. The molecule has 3 heteroatoms. The van der Waals surface area contributed by atoms with Gasteiger partial charge in [-0.2, -0.15) is 0 Å². The third-order valence-electron chi connectivity index (χ3n) is 3.46. The van der Waals surface area contributed by atoms with Gasteiger partial charge in [-0.05, 0) is 32.4 Å². The summed E-state index contributed by atoms with van der Waals surface area (Å²) in [5.74, 6) is 0.983. The van der Waals surface area contributed by atoms with Crippen LogP contribution in [-0.4, -0.2) is 21.3 Å². The lowest BCUT2D eigenvalue weighted by Gasteiger charge is -2.07. The summed E-state index contributed by atoms with van der Waals surface area (Å²) < 4.78 is 2.10. The number of benzene rings is 1. The van der Waals surface area contributed by atoms with Gasteiger partial charge in [-0.3, -0.25) is 0 Å². The van der Waals surface area contributed by atoms with Crippen molar-refractivity contribution in [3.8, 4) is 11.4 Å². The molecular formula is C15H20N2O. The van der Waals surface area contributed by atoms with Crippen LogP contribution in [0.2, 0.25) is 0 Å². The first-order valence-electron chi connectivity index (χ1n) is 6.25. The van der Waals surface area contributed by atoms with Crippen molar-refractivity contribution in [3.63, 3.8) is 0 Å². The summed E-state index contributed by atoms with van der Waals surface area (Å²) in [7, 11) is 2.03. The van der Waals surface area contributed by atoms with Crippen LogP contribution in [0.15, 0.2) is 18.2 Å². The first-order chi connectivity index (χ1) is 8.54. The molecule has 0 fully saturated rings. The van der Waals surface area contributed by atoms with Crippen LogP contribution in [0.4, 0.5) is 0 Å². The van der Waals surface area contributed by atoms with E-state index in [4.69, 9.17) is 5.11 Å². The highest BCUT2D eigenvalue weighted by atomic mass is 16.3. The summed E-state index contributed by atoms with van der Waals surface area (Å²) in [6.07, 6.45) is 0.616. The Morgan fingerprint density at radius 2 is 1.94 bits per heavy atom. The van der Waals surface area contributed by atoms with Gasteiger partial charge in [-0.25, -0.2) is 4.98 Å². The molecule has 18 heavy (non-hydrogen) atoms. The van der Waals surface area contributed by atoms with Crippen molar-refractivity contribution in [2.24, 2.45) is 7.05 Å². The van der Waals surface area contributed by atoms with Crippen molar-refractivity contribution < 1.29 is 5.11 Å². The average molecular weight is 244 g/mol. The number of imidazole rings is 1. The maximum atomic E-state index is 9.06. The van der Waals surface area contributed by atoms with Crippen LogP contribution < -0.4 is 0 Å². The van der Waals surface area contributed by atoms with E-state index in [2.05, 4.69) is 41.6 Å². The molecule has 1 heterocycles. The highest BCUT2D eigenvalue weighted by Gasteiger charge is 2.14. The second-order valence-electron chi connectivity index (χ2n) is 4.82. The lowest BCUT2D eigenvalue weighted by Crippen LogP contribution is -1.97. The summed E-state index contributed by atoms with van der Waals surface area (Å²) in [6.45, 7) is 6.38. The Kier molecular flexibility index (Phi) is 3.53. The normalized spacial score (nSPS) is 10.9. The zero-order valence-electron chi connectivity index (χ0n) is 11.5. The van der Waals surface area contributed by atoms with E-state index in [1.54, 1.807) is 0 Å². The first kappa shape index (κ1) is 12.8. The number of aromatic nitrogens is 2. The molecule has 1 N–H and O–H groups in total. The van der Waals surface area contributed by atoms with Crippen LogP contribution in [0, 0.1) is 20.8 Å². The summed E-state index contributed by atoms with van der Waals surface area (Å²) in [5, 5.41) is 9.06. The van der Waals surface area contributed by atoms with Gasteiger partial charge in [0.15, 0.2) is 0 Å². The van der Waals surface area contributed by atoms with E-state index in [0.717, 1.165) is 17.2 Å². The van der Waals surface area contributed by atoms with E-state index in [1.165, 1.54) is 16.7 Å². The molecule has 0 aliphatic carbocycles. The molecule has 96 valence electrons. The van der Waals surface area contributed by atoms with Gasteiger partial charge < -0.3 is 9.67 Å². The third kappa shape index (κ3) is 2.18. The molecule has 0 spiro atoms. The maximum Gasteiger partial charge on any atom is 0.140 e. The quantitative estimate of drug-likeness (QED) is 0.901. The predicted molar refractivity (Wildman–Crippen MR) is 73.6 cm³/mol. The molecule has 0 saturated carbocycles. The Morgan fingerprint density at radius 3 is 2.61 bits per heavy atom. The molecule has 3 nitrogen and oxygen atoms in total. The van der Waals surface area contributed by atoms with E-state index in [-0.39, 0.29) is 6.61 Å². The predicted octanol–water partition coefficient (Wildman–Crippen LogP) is 2.55. The van der Waals surface area contributed by atoms with E-state index >= 15 is 0 Å². The lowest BCUT2D eigenvalue weighted by atomic mass is 10.1. The highest BCUT2D eigenvalue weighted by Crippen LogP contribution is 2.25. The Hall–Kier alpha value is -1.61. The van der Waals surface area contributed by atoms with Gasteiger partial charge >= 0.3 is 0 Å². The lowest BCUT2D eigenvalue weighted by molar-refractivity contribution is 0.298. The van der Waals surface area contributed by atoms with Crippen molar-refractivity contribution in [2.75, 3.05) is 6.61 Å². The third-order valence-corrected chi connectivity index (χ3v) is 3.46. The van der Waals surface area contributed by atoms with Gasteiger partial charge in [0.1, 0.15) is 5.82 Å². The summed E-state index contributed by atoms with van der Waals surface area (Å²) in [4.78, 5) is 4.67. The molecule has 0 unspecified atom stereocenters. The number of aryl methyl sites for hydroxylation is 2. The van der Waals surface area contributed by atoms with Gasteiger partial charge in [-0.15, -0.1) is 0 Å². The van der Waals surface area contributed by atoms with Crippen LogP contribution in [0.3, 0.4) is 0 Å². The zero-order chi connectivity index (χ0) is 13.3. The molecular weight excluding hydrogens is 224 g/mol. The minimum Gasteiger partial charge on any atom is -0.396 e. The molecule has 0 aliphatic rings. The number of nitrogens with zero attached hydrogens (tertiary/aromatic N) is 2. The molecule has 1 aromatic heterocycles. The molecule has 2 aromatic rings. The first-order valence-corrected chi connectivity index (χ1v) is 6.25. The number of hydrogen-bond donors (Lipinski definition) is 1. The Balaban J connectivity index is 2.57. The van der Waals surface area contributed by atoms with Crippen LogP contribution in [0.25, 0.3) is 11.4 Å². The molecule has 2 rings (SSSR count). The SMILES string of the molecule is Cc1ccc(C)c(-c2nc(CCO)c(C)n2C)c1.